The van der Waals surface area contributed by atoms with Gasteiger partial charge in [0.25, 0.3) is 0 Å². The summed E-state index contributed by atoms with van der Waals surface area (Å²) >= 11 is 0. The monoisotopic (exact) mass is 274 g/mol. The number of hydrogen-bond donors (Lipinski definition) is 1. The van der Waals surface area contributed by atoms with E-state index in [-0.39, 0.29) is 0 Å². The second kappa shape index (κ2) is 5.79. The van der Waals surface area contributed by atoms with Crippen molar-refractivity contribution in [3.05, 3.63) is 18.6 Å². The number of aromatic nitrogens is 3. The van der Waals surface area contributed by atoms with Crippen molar-refractivity contribution < 1.29 is 4.74 Å². The highest BCUT2D eigenvalue weighted by atomic mass is 16.5. The number of ether oxygens (including phenoxy) is 1. The lowest BCUT2D eigenvalue weighted by Crippen LogP contribution is -2.26. The third kappa shape index (κ3) is 2.93. The minimum atomic E-state index is 0.293. The van der Waals surface area contributed by atoms with Gasteiger partial charge in [-0.05, 0) is 31.2 Å². The van der Waals surface area contributed by atoms with Crippen molar-refractivity contribution in [2.24, 2.45) is 13.0 Å². The molecule has 2 aromatic rings. The number of anilines is 1. The van der Waals surface area contributed by atoms with Crippen LogP contribution in [0.4, 0.5) is 5.82 Å². The highest BCUT2D eigenvalue weighted by molar-refractivity contribution is 5.86. The fourth-order valence-corrected chi connectivity index (χ4v) is 2.34. The predicted molar refractivity (Wildman–Crippen MR) is 79.8 cm³/mol. The Labute approximate surface area is 119 Å². The molecule has 20 heavy (non-hydrogen) atoms. The molecule has 1 atom stereocenters. The summed E-state index contributed by atoms with van der Waals surface area (Å²) in [5, 5.41) is 3.50. The molecule has 1 N–H and O–H groups in total. The van der Waals surface area contributed by atoms with E-state index in [9.17, 15) is 0 Å². The Morgan fingerprint density at radius 1 is 1.45 bits per heavy atom. The molecular formula is C15H22N4O. The summed E-state index contributed by atoms with van der Waals surface area (Å²) in [6.07, 6.45) is 7.30. The lowest BCUT2D eigenvalue weighted by molar-refractivity contribution is 0.115. The number of fused-ring (bicyclic) bond motifs is 1. The fourth-order valence-electron chi connectivity index (χ4n) is 2.34. The Balaban J connectivity index is 1.67. The Bertz CT molecular complexity index is 576. The highest BCUT2D eigenvalue weighted by Crippen LogP contribution is 2.29. The van der Waals surface area contributed by atoms with Gasteiger partial charge in [-0.1, -0.05) is 6.92 Å². The van der Waals surface area contributed by atoms with Gasteiger partial charge < -0.3 is 14.6 Å². The summed E-state index contributed by atoms with van der Waals surface area (Å²) in [4.78, 5) is 8.67. The van der Waals surface area contributed by atoms with Gasteiger partial charge in [0.15, 0.2) is 5.82 Å². The van der Waals surface area contributed by atoms with Crippen LogP contribution in [0.2, 0.25) is 0 Å². The zero-order valence-electron chi connectivity index (χ0n) is 12.2. The fraction of sp³-hybridized carbons (Fsp3) is 0.600. The third-order valence-electron chi connectivity index (χ3n) is 3.86. The minimum absolute atomic E-state index is 0.293. The van der Waals surface area contributed by atoms with E-state index in [2.05, 4.69) is 26.8 Å². The van der Waals surface area contributed by atoms with Crippen LogP contribution < -0.4 is 5.32 Å². The van der Waals surface area contributed by atoms with Gasteiger partial charge in [-0.3, -0.25) is 0 Å². The topological polar surface area (TPSA) is 52.0 Å². The Hall–Kier alpha value is -1.62. The number of aryl methyl sites for hydroxylation is 1. The van der Waals surface area contributed by atoms with Crippen LogP contribution in [-0.2, 0) is 11.8 Å². The zero-order valence-corrected chi connectivity index (χ0v) is 12.2. The molecule has 5 heteroatoms. The molecule has 0 bridgehead atoms. The molecule has 0 amide bonds. The normalized spacial score (nSPS) is 16.5. The van der Waals surface area contributed by atoms with Gasteiger partial charge in [-0.2, -0.15) is 0 Å². The number of nitrogens with zero attached hydrogens (tertiary/aromatic N) is 3. The predicted octanol–water partition coefficient (Wildman–Crippen LogP) is 2.59. The first kappa shape index (κ1) is 13.4. The van der Waals surface area contributed by atoms with Gasteiger partial charge in [0.05, 0.1) is 18.2 Å². The van der Waals surface area contributed by atoms with Crippen LogP contribution in [0.15, 0.2) is 18.6 Å². The molecule has 2 aromatic heterocycles. The van der Waals surface area contributed by atoms with E-state index < -0.39 is 0 Å². The number of rotatable bonds is 7. The Morgan fingerprint density at radius 2 is 2.30 bits per heavy atom. The van der Waals surface area contributed by atoms with E-state index >= 15 is 0 Å². The van der Waals surface area contributed by atoms with E-state index in [4.69, 9.17) is 4.74 Å². The molecule has 0 radical (unpaired) electrons. The molecule has 0 spiro atoms. The molecule has 1 aliphatic carbocycles. The second-order valence-electron chi connectivity index (χ2n) is 5.61. The largest absolute Gasteiger partial charge is 0.379 e. The van der Waals surface area contributed by atoms with E-state index in [0.717, 1.165) is 42.4 Å². The summed E-state index contributed by atoms with van der Waals surface area (Å²) in [7, 11) is 2.02. The lowest BCUT2D eigenvalue weighted by atomic mass is 10.2. The first-order valence-electron chi connectivity index (χ1n) is 7.38. The molecule has 0 saturated heterocycles. The quantitative estimate of drug-likeness (QED) is 0.843. The maximum absolute atomic E-state index is 5.79. The number of nitrogens with one attached hydrogen (secondary N) is 1. The molecule has 108 valence electrons. The molecule has 1 unspecified atom stereocenters. The van der Waals surface area contributed by atoms with Crippen molar-refractivity contribution in [3.63, 3.8) is 0 Å². The van der Waals surface area contributed by atoms with Gasteiger partial charge in [0.2, 0.25) is 0 Å². The first-order chi connectivity index (χ1) is 9.78. The van der Waals surface area contributed by atoms with Crippen LogP contribution >= 0.6 is 0 Å². The average Bonchev–Trinajstić information content (AvgIpc) is 3.20. The van der Waals surface area contributed by atoms with Gasteiger partial charge in [0, 0.05) is 19.9 Å². The Kier molecular flexibility index (Phi) is 3.87. The smallest absolute Gasteiger partial charge is 0.154 e. The average molecular weight is 274 g/mol. The van der Waals surface area contributed by atoms with Crippen LogP contribution in [0.5, 0.6) is 0 Å². The van der Waals surface area contributed by atoms with Crippen molar-refractivity contribution in [3.8, 4) is 0 Å². The SMILES string of the molecule is CCC(COCC1CC1)Nc1ncnc2ccn(C)c12. The summed E-state index contributed by atoms with van der Waals surface area (Å²) in [6.45, 7) is 3.81. The summed E-state index contributed by atoms with van der Waals surface area (Å²) in [5.74, 6) is 1.70. The van der Waals surface area contributed by atoms with Crippen LogP contribution in [-0.4, -0.2) is 33.8 Å². The molecule has 1 saturated carbocycles. The molecule has 5 nitrogen and oxygen atoms in total. The molecule has 2 heterocycles. The molecule has 0 aromatic carbocycles. The van der Waals surface area contributed by atoms with Crippen LogP contribution in [0.25, 0.3) is 11.0 Å². The van der Waals surface area contributed by atoms with Crippen LogP contribution in [0, 0.1) is 5.92 Å². The summed E-state index contributed by atoms with van der Waals surface area (Å²) in [5.41, 5.74) is 2.02. The van der Waals surface area contributed by atoms with Crippen molar-refractivity contribution in [2.75, 3.05) is 18.5 Å². The summed E-state index contributed by atoms with van der Waals surface area (Å²) < 4.78 is 7.84. The van der Waals surface area contributed by atoms with E-state index in [0.29, 0.717) is 6.04 Å². The highest BCUT2D eigenvalue weighted by Gasteiger charge is 2.21. The molecular weight excluding hydrogens is 252 g/mol. The van der Waals surface area contributed by atoms with Crippen LogP contribution in [0.1, 0.15) is 26.2 Å². The standard InChI is InChI=1S/C15H22N4O/c1-3-12(9-20-8-11-4-5-11)18-15-14-13(16-10-17-15)6-7-19(14)2/h6-7,10-12H,3-5,8-9H2,1-2H3,(H,16,17,18). The van der Waals surface area contributed by atoms with Gasteiger partial charge in [-0.25, -0.2) is 9.97 Å². The van der Waals surface area contributed by atoms with E-state index in [1.807, 2.05) is 19.3 Å². The second-order valence-corrected chi connectivity index (χ2v) is 5.61. The summed E-state index contributed by atoms with van der Waals surface area (Å²) in [6, 6.07) is 2.30. The molecule has 1 aliphatic rings. The zero-order chi connectivity index (χ0) is 13.9. The van der Waals surface area contributed by atoms with Crippen LogP contribution in [0.3, 0.4) is 0 Å². The van der Waals surface area contributed by atoms with Gasteiger partial charge in [-0.15, -0.1) is 0 Å². The van der Waals surface area contributed by atoms with E-state index in [1.54, 1.807) is 6.33 Å². The lowest BCUT2D eigenvalue weighted by Gasteiger charge is -2.18. The first-order valence-corrected chi connectivity index (χ1v) is 7.38. The maximum Gasteiger partial charge on any atom is 0.154 e. The van der Waals surface area contributed by atoms with Crippen molar-refractivity contribution in [1.82, 2.24) is 14.5 Å². The van der Waals surface area contributed by atoms with Crippen molar-refractivity contribution in [1.29, 1.82) is 0 Å². The molecule has 1 fully saturated rings. The third-order valence-corrected chi connectivity index (χ3v) is 3.86. The Morgan fingerprint density at radius 3 is 3.05 bits per heavy atom. The molecule has 3 rings (SSSR count). The molecule has 0 aliphatic heterocycles. The van der Waals surface area contributed by atoms with E-state index in [1.165, 1.54) is 12.8 Å². The number of hydrogen-bond acceptors (Lipinski definition) is 4. The minimum Gasteiger partial charge on any atom is -0.379 e. The van der Waals surface area contributed by atoms with Gasteiger partial charge >= 0.3 is 0 Å². The van der Waals surface area contributed by atoms with Gasteiger partial charge in [0.1, 0.15) is 11.8 Å². The van der Waals surface area contributed by atoms with Crippen molar-refractivity contribution in [2.45, 2.75) is 32.2 Å². The maximum atomic E-state index is 5.79. The van der Waals surface area contributed by atoms with Crippen molar-refractivity contribution >= 4 is 16.9 Å².